The Morgan fingerprint density at radius 1 is 1.53 bits per heavy atom. The smallest absolute Gasteiger partial charge is 0.207 e. The fraction of sp³-hybridized carbons (Fsp3) is 0.222. The number of hydrogen-bond donors (Lipinski definition) is 0. The van der Waals surface area contributed by atoms with Crippen LogP contribution in [-0.2, 0) is 14.4 Å². The molecule has 0 unspecified atom stereocenters. The molecule has 0 radical (unpaired) electrons. The van der Waals surface area contributed by atoms with Gasteiger partial charge in [0.05, 0.1) is 5.56 Å². The van der Waals surface area contributed by atoms with E-state index in [1.807, 2.05) is 6.07 Å². The number of halogens is 2. The van der Waals surface area contributed by atoms with Crippen molar-refractivity contribution in [3.63, 3.8) is 0 Å². The van der Waals surface area contributed by atoms with Gasteiger partial charge in [-0.3, -0.25) is 0 Å². The first kappa shape index (κ1) is 12.5. The van der Waals surface area contributed by atoms with Crippen molar-refractivity contribution in [1.29, 1.82) is 5.26 Å². The third kappa shape index (κ3) is 2.71. The molecule has 0 aliphatic heterocycles. The van der Waals surface area contributed by atoms with Gasteiger partial charge in [0.1, 0.15) is 11.0 Å². The number of nitrogens with zero attached hydrogens (tertiary/aromatic N) is 1. The summed E-state index contributed by atoms with van der Waals surface area (Å²) in [6.45, 7) is 1.68. The van der Waals surface area contributed by atoms with Crippen molar-refractivity contribution in [2.45, 2.75) is 17.1 Å². The summed E-state index contributed by atoms with van der Waals surface area (Å²) in [5.41, 5.74) is 1.48. The Kier molecular flexibility index (Phi) is 3.77. The maximum Gasteiger partial charge on any atom is 0.262 e. The van der Waals surface area contributed by atoms with Gasteiger partial charge in [-0.05, 0) is 24.1 Å². The minimum atomic E-state index is -3.87. The van der Waals surface area contributed by atoms with Gasteiger partial charge in [-0.1, -0.05) is 22.0 Å². The standard InChI is InChI=1S/C9H7BrClNO2S/c1-6-2-7(4-10)3-9(8(6)5-12)15(11,13)14/h2-3H,4H2,1H3. The molecular weight excluding hydrogens is 302 g/mol. The van der Waals surface area contributed by atoms with Crippen molar-refractivity contribution >= 4 is 35.7 Å². The highest BCUT2D eigenvalue weighted by Crippen LogP contribution is 2.25. The Morgan fingerprint density at radius 3 is 2.53 bits per heavy atom. The second-order valence-corrected chi connectivity index (χ2v) is 6.06. The first-order valence-corrected chi connectivity index (χ1v) is 7.37. The quantitative estimate of drug-likeness (QED) is 0.623. The molecule has 1 rings (SSSR count). The minimum absolute atomic E-state index is 0.106. The zero-order valence-corrected chi connectivity index (χ0v) is 10.9. The zero-order chi connectivity index (χ0) is 11.6. The van der Waals surface area contributed by atoms with Crippen LogP contribution in [0.4, 0.5) is 0 Å². The zero-order valence-electron chi connectivity index (χ0n) is 7.79. The lowest BCUT2D eigenvalue weighted by atomic mass is 10.1. The van der Waals surface area contributed by atoms with E-state index in [0.717, 1.165) is 5.56 Å². The van der Waals surface area contributed by atoms with Crippen molar-refractivity contribution in [3.05, 3.63) is 28.8 Å². The van der Waals surface area contributed by atoms with E-state index >= 15 is 0 Å². The van der Waals surface area contributed by atoms with Gasteiger partial charge < -0.3 is 0 Å². The molecular formula is C9H7BrClNO2S. The highest BCUT2D eigenvalue weighted by molar-refractivity contribution is 9.08. The summed E-state index contributed by atoms with van der Waals surface area (Å²) < 4.78 is 22.5. The van der Waals surface area contributed by atoms with Crippen LogP contribution < -0.4 is 0 Å². The van der Waals surface area contributed by atoms with Crippen LogP contribution in [0.3, 0.4) is 0 Å². The van der Waals surface area contributed by atoms with E-state index in [4.69, 9.17) is 15.9 Å². The minimum Gasteiger partial charge on any atom is -0.207 e. The summed E-state index contributed by atoms with van der Waals surface area (Å²) >= 11 is 3.22. The van der Waals surface area contributed by atoms with Crippen molar-refractivity contribution in [2.24, 2.45) is 0 Å². The average molecular weight is 309 g/mol. The third-order valence-corrected chi connectivity index (χ3v) is 3.88. The van der Waals surface area contributed by atoms with Crippen LogP contribution in [0.25, 0.3) is 0 Å². The molecule has 0 N–H and O–H groups in total. The molecule has 0 aromatic heterocycles. The lowest BCUT2D eigenvalue weighted by Gasteiger charge is -2.06. The number of nitriles is 1. The molecule has 80 valence electrons. The molecule has 0 heterocycles. The Bertz CT molecular complexity index is 534. The maximum absolute atomic E-state index is 11.2. The molecule has 0 saturated carbocycles. The van der Waals surface area contributed by atoms with Gasteiger partial charge in [0, 0.05) is 16.0 Å². The van der Waals surface area contributed by atoms with E-state index in [1.54, 1.807) is 13.0 Å². The van der Waals surface area contributed by atoms with Gasteiger partial charge in [0.25, 0.3) is 9.05 Å². The first-order valence-electron chi connectivity index (χ1n) is 3.94. The Morgan fingerprint density at radius 2 is 2.13 bits per heavy atom. The maximum atomic E-state index is 11.2. The van der Waals surface area contributed by atoms with Crippen LogP contribution in [0.1, 0.15) is 16.7 Å². The van der Waals surface area contributed by atoms with Gasteiger partial charge in [-0.15, -0.1) is 0 Å². The van der Waals surface area contributed by atoms with Crippen LogP contribution >= 0.6 is 26.6 Å². The lowest BCUT2D eigenvalue weighted by Crippen LogP contribution is -1.99. The molecule has 0 fully saturated rings. The summed E-state index contributed by atoms with van der Waals surface area (Å²) in [4.78, 5) is -0.124. The second-order valence-electron chi connectivity index (χ2n) is 2.97. The Hall–Kier alpha value is -0.570. The van der Waals surface area contributed by atoms with Crippen LogP contribution in [0, 0.1) is 18.3 Å². The summed E-state index contributed by atoms with van der Waals surface area (Å²) in [6.07, 6.45) is 0. The molecule has 3 nitrogen and oxygen atoms in total. The van der Waals surface area contributed by atoms with Crippen molar-refractivity contribution in [1.82, 2.24) is 0 Å². The molecule has 0 bridgehead atoms. The van der Waals surface area contributed by atoms with E-state index in [1.165, 1.54) is 6.07 Å². The van der Waals surface area contributed by atoms with Crippen LogP contribution in [0.15, 0.2) is 17.0 Å². The van der Waals surface area contributed by atoms with Gasteiger partial charge in [-0.25, -0.2) is 8.42 Å². The topological polar surface area (TPSA) is 57.9 Å². The average Bonchev–Trinajstić information content (AvgIpc) is 2.15. The molecule has 0 amide bonds. The normalized spacial score (nSPS) is 11.1. The SMILES string of the molecule is Cc1cc(CBr)cc(S(=O)(=O)Cl)c1C#N. The summed E-state index contributed by atoms with van der Waals surface area (Å²) in [7, 11) is 1.38. The largest absolute Gasteiger partial charge is 0.262 e. The number of alkyl halides is 1. The molecule has 0 aliphatic rings. The van der Waals surface area contributed by atoms with E-state index in [2.05, 4.69) is 15.9 Å². The number of benzene rings is 1. The van der Waals surface area contributed by atoms with Gasteiger partial charge in [0.2, 0.25) is 0 Å². The number of hydrogen-bond acceptors (Lipinski definition) is 3. The molecule has 0 spiro atoms. The highest BCUT2D eigenvalue weighted by atomic mass is 79.9. The monoisotopic (exact) mass is 307 g/mol. The first-order chi connectivity index (χ1) is 6.90. The van der Waals surface area contributed by atoms with Gasteiger partial charge in [-0.2, -0.15) is 5.26 Å². The molecule has 1 aromatic carbocycles. The van der Waals surface area contributed by atoms with Gasteiger partial charge >= 0.3 is 0 Å². The molecule has 0 atom stereocenters. The molecule has 0 saturated heterocycles. The molecule has 1 aromatic rings. The Labute approximate surface area is 101 Å². The summed E-state index contributed by atoms with van der Waals surface area (Å²) in [5, 5.41) is 9.35. The lowest BCUT2D eigenvalue weighted by molar-refractivity contribution is 0.609. The van der Waals surface area contributed by atoms with E-state index < -0.39 is 9.05 Å². The second kappa shape index (κ2) is 4.52. The van der Waals surface area contributed by atoms with E-state index in [-0.39, 0.29) is 10.5 Å². The third-order valence-electron chi connectivity index (χ3n) is 1.89. The van der Waals surface area contributed by atoms with Crippen molar-refractivity contribution < 1.29 is 8.42 Å². The number of rotatable bonds is 2. The summed E-state index contributed by atoms with van der Waals surface area (Å²) in [5.74, 6) is 0. The molecule has 0 aliphatic carbocycles. The fourth-order valence-corrected chi connectivity index (χ4v) is 2.67. The predicted octanol–water partition coefficient (Wildman–Crippen LogP) is 2.69. The highest BCUT2D eigenvalue weighted by Gasteiger charge is 2.18. The van der Waals surface area contributed by atoms with Gasteiger partial charge in [0.15, 0.2) is 0 Å². The Balaban J connectivity index is 3.63. The molecule has 6 heteroatoms. The number of aryl methyl sites for hydroxylation is 1. The fourth-order valence-electron chi connectivity index (χ4n) is 1.24. The van der Waals surface area contributed by atoms with Crippen LogP contribution in [0.2, 0.25) is 0 Å². The van der Waals surface area contributed by atoms with E-state index in [9.17, 15) is 8.42 Å². The van der Waals surface area contributed by atoms with Crippen LogP contribution in [0.5, 0.6) is 0 Å². The van der Waals surface area contributed by atoms with Crippen molar-refractivity contribution in [2.75, 3.05) is 0 Å². The van der Waals surface area contributed by atoms with E-state index in [0.29, 0.717) is 10.9 Å². The van der Waals surface area contributed by atoms with Crippen molar-refractivity contribution in [3.8, 4) is 6.07 Å². The summed E-state index contributed by atoms with van der Waals surface area (Å²) in [6, 6.07) is 5.00. The molecule has 15 heavy (non-hydrogen) atoms. The predicted molar refractivity (Wildman–Crippen MR) is 61.6 cm³/mol. The van der Waals surface area contributed by atoms with Crippen LogP contribution in [-0.4, -0.2) is 8.42 Å².